The average Bonchev–Trinajstić information content (AvgIpc) is 3.45. The zero-order valence-electron chi connectivity index (χ0n) is 36.3. The maximum atomic E-state index is 5.21. The van der Waals surface area contributed by atoms with Crippen LogP contribution in [0.2, 0.25) is 0 Å². The molecule has 0 radical (unpaired) electrons. The summed E-state index contributed by atoms with van der Waals surface area (Å²) in [6.45, 7) is 18.2. The molecule has 2 aliphatic heterocycles. The Labute approximate surface area is 386 Å². The van der Waals surface area contributed by atoms with Crippen molar-refractivity contribution in [1.29, 1.82) is 0 Å². The summed E-state index contributed by atoms with van der Waals surface area (Å²) in [5.74, 6) is 0.644. The monoisotopic (exact) mass is 856 g/mol. The Morgan fingerprint density at radius 1 is 0.672 bits per heavy atom. The normalized spacial score (nSPS) is 17.1. The van der Waals surface area contributed by atoms with Crippen molar-refractivity contribution < 1.29 is 0 Å². The van der Waals surface area contributed by atoms with Gasteiger partial charge in [-0.3, -0.25) is 0 Å². The molecule has 0 spiro atoms. The van der Waals surface area contributed by atoms with E-state index in [1.807, 2.05) is 29.6 Å². The molecule has 1 aliphatic carbocycles. The SMILES string of the molecule is C=C/C=C(\C)c1cc(C(=C)/C=C\C)cc2c1Sc1cc(-c3ccccc3)cc3c1=C2/C1=C/C(c2ccccc2)=C\CSc2c(-c4ccccc4)cc(-c4ccccc4)cc2C(C=3)C1=C. The molecule has 0 aromatic heterocycles. The molecule has 7 aromatic carbocycles. The topological polar surface area (TPSA) is 0 Å². The van der Waals surface area contributed by atoms with Crippen LogP contribution in [0.4, 0.5) is 0 Å². The van der Waals surface area contributed by atoms with E-state index in [4.69, 9.17) is 6.58 Å². The zero-order valence-corrected chi connectivity index (χ0v) is 37.9. The minimum absolute atomic E-state index is 0.153. The summed E-state index contributed by atoms with van der Waals surface area (Å²) >= 11 is 3.81. The lowest BCUT2D eigenvalue weighted by atomic mass is 9.80. The van der Waals surface area contributed by atoms with Gasteiger partial charge in [0.25, 0.3) is 0 Å². The minimum Gasteiger partial charge on any atom is -0.121 e. The fourth-order valence-corrected chi connectivity index (χ4v) is 11.8. The van der Waals surface area contributed by atoms with Gasteiger partial charge in [-0.2, -0.15) is 0 Å². The van der Waals surface area contributed by atoms with Gasteiger partial charge in [0.2, 0.25) is 0 Å². The molecular formula is C62H48S2. The standard InChI is InChI=1S/C62H48S2/c1-6-20-40(3)48-34-52(41(4)21-7-2)62-57(35-48)60-54-33-47(43-22-12-8-13-23-43)30-31-63-61-55(46-28-18-11-19-29-46)36-50(45-26-16-10-17-27-45)37-56(61)53(42(54)5)38-51-32-49(39-58(64-62)59(51)60)44-24-14-9-15-25-44/h6-30,32-39,53H,2-3,5,31H2,1,4H3/b20-6-,41-21+,47-30+,54-33+. The number of allylic oxidation sites excluding steroid dienone is 10. The zero-order chi connectivity index (χ0) is 43.7. The van der Waals surface area contributed by atoms with Crippen LogP contribution in [0, 0.1) is 0 Å². The number of benzene rings is 7. The summed E-state index contributed by atoms with van der Waals surface area (Å²) in [6.07, 6.45) is 15.6. The van der Waals surface area contributed by atoms with Gasteiger partial charge in [0, 0.05) is 31.6 Å². The quantitative estimate of drug-likeness (QED) is 0.140. The van der Waals surface area contributed by atoms with Gasteiger partial charge in [-0.25, -0.2) is 0 Å². The first-order valence-corrected chi connectivity index (χ1v) is 23.7. The highest BCUT2D eigenvalue weighted by molar-refractivity contribution is 7.99. The molecule has 0 amide bonds. The van der Waals surface area contributed by atoms with Gasteiger partial charge < -0.3 is 0 Å². The van der Waals surface area contributed by atoms with Crippen molar-refractivity contribution in [2.45, 2.75) is 34.5 Å². The predicted octanol–water partition coefficient (Wildman–Crippen LogP) is 15.8. The Hall–Kier alpha value is -6.84. The largest absolute Gasteiger partial charge is 0.121 e. The maximum Gasteiger partial charge on any atom is 0.0290 e. The molecule has 0 N–H and O–H groups in total. The molecule has 10 rings (SSSR count). The lowest BCUT2D eigenvalue weighted by Gasteiger charge is -2.29. The molecule has 0 saturated carbocycles. The molecule has 7 aromatic rings. The summed E-state index contributed by atoms with van der Waals surface area (Å²) in [4.78, 5) is 3.75. The van der Waals surface area contributed by atoms with Crippen molar-refractivity contribution in [3.05, 3.63) is 263 Å². The van der Waals surface area contributed by atoms with E-state index in [1.165, 1.54) is 91.9 Å². The molecule has 0 saturated heterocycles. The van der Waals surface area contributed by atoms with Crippen LogP contribution >= 0.6 is 23.5 Å². The number of thioether (sulfide) groups is 1. The third-order valence-electron chi connectivity index (χ3n) is 12.5. The molecule has 1 atom stereocenters. The number of hydrogen-bond acceptors (Lipinski definition) is 2. The van der Waals surface area contributed by atoms with E-state index in [0.29, 0.717) is 0 Å². The first-order chi connectivity index (χ1) is 31.4. The highest BCUT2D eigenvalue weighted by Gasteiger charge is 2.33. The van der Waals surface area contributed by atoms with Crippen molar-refractivity contribution in [1.82, 2.24) is 0 Å². The first kappa shape index (κ1) is 41.2. The predicted molar refractivity (Wildman–Crippen MR) is 279 cm³/mol. The molecule has 3 aliphatic rings. The Bertz CT molecular complexity index is 3270. The lowest BCUT2D eigenvalue weighted by Crippen LogP contribution is -2.31. The van der Waals surface area contributed by atoms with Crippen LogP contribution in [0.5, 0.6) is 0 Å². The average molecular weight is 857 g/mol. The van der Waals surface area contributed by atoms with Gasteiger partial charge in [-0.15, -0.1) is 11.8 Å². The van der Waals surface area contributed by atoms with E-state index in [-0.39, 0.29) is 5.92 Å². The molecule has 1 unspecified atom stereocenters. The summed E-state index contributed by atoms with van der Waals surface area (Å²) < 4.78 is 0. The third-order valence-corrected chi connectivity index (χ3v) is 14.8. The van der Waals surface area contributed by atoms with Gasteiger partial charge in [0.05, 0.1) is 0 Å². The van der Waals surface area contributed by atoms with Crippen molar-refractivity contribution in [3.8, 4) is 33.4 Å². The second kappa shape index (κ2) is 17.7. The van der Waals surface area contributed by atoms with Crippen LogP contribution < -0.4 is 10.4 Å². The fourth-order valence-electron chi connectivity index (χ4n) is 9.39. The van der Waals surface area contributed by atoms with Crippen LogP contribution in [0.15, 0.2) is 240 Å². The van der Waals surface area contributed by atoms with E-state index in [9.17, 15) is 0 Å². The van der Waals surface area contributed by atoms with Crippen molar-refractivity contribution in [2.75, 3.05) is 5.75 Å². The lowest BCUT2D eigenvalue weighted by molar-refractivity contribution is 1.03. The van der Waals surface area contributed by atoms with Gasteiger partial charge in [-0.1, -0.05) is 189 Å². The second-order valence-corrected chi connectivity index (χ2v) is 18.6. The molecule has 2 heterocycles. The molecule has 0 nitrogen and oxygen atoms in total. The van der Waals surface area contributed by atoms with E-state index in [0.717, 1.165) is 33.6 Å². The van der Waals surface area contributed by atoms with Gasteiger partial charge >= 0.3 is 0 Å². The third kappa shape index (κ3) is 7.68. The van der Waals surface area contributed by atoms with Crippen molar-refractivity contribution in [3.63, 3.8) is 0 Å². The maximum absolute atomic E-state index is 5.21. The Morgan fingerprint density at radius 2 is 1.30 bits per heavy atom. The van der Waals surface area contributed by atoms with E-state index >= 15 is 0 Å². The molecule has 308 valence electrons. The van der Waals surface area contributed by atoms with Crippen LogP contribution in [0.3, 0.4) is 0 Å². The molecular weight excluding hydrogens is 809 g/mol. The van der Waals surface area contributed by atoms with E-state index in [1.54, 1.807) is 0 Å². The van der Waals surface area contributed by atoms with Gasteiger partial charge in [-0.05, 0) is 156 Å². The van der Waals surface area contributed by atoms with E-state index < -0.39 is 0 Å². The molecule has 2 heteroatoms. The van der Waals surface area contributed by atoms with E-state index in [2.05, 4.69) is 221 Å². The fraction of sp³-hybridized carbons (Fsp3) is 0.0645. The molecule has 64 heavy (non-hydrogen) atoms. The van der Waals surface area contributed by atoms with Crippen LogP contribution in [0.1, 0.15) is 47.6 Å². The van der Waals surface area contributed by atoms with Crippen LogP contribution in [-0.4, -0.2) is 5.75 Å². The minimum atomic E-state index is -0.153. The summed E-state index contributed by atoms with van der Waals surface area (Å²) in [5, 5.41) is 2.46. The highest BCUT2D eigenvalue weighted by Crippen LogP contribution is 2.51. The Morgan fingerprint density at radius 3 is 1.94 bits per heavy atom. The summed E-state index contributed by atoms with van der Waals surface area (Å²) in [6, 6.07) is 57.8. The van der Waals surface area contributed by atoms with Gasteiger partial charge in [0.1, 0.15) is 0 Å². The van der Waals surface area contributed by atoms with Gasteiger partial charge in [0.15, 0.2) is 0 Å². The van der Waals surface area contributed by atoms with Crippen LogP contribution in [-0.2, 0) is 0 Å². The molecule has 0 fully saturated rings. The number of fused-ring (bicyclic) bond motifs is 7. The highest BCUT2D eigenvalue weighted by atomic mass is 32.2. The van der Waals surface area contributed by atoms with Crippen LogP contribution in [0.25, 0.3) is 61.7 Å². The summed E-state index contributed by atoms with van der Waals surface area (Å²) in [7, 11) is 0. The Kier molecular flexibility index (Phi) is 11.4. The molecule has 2 bridgehead atoms. The smallest absolute Gasteiger partial charge is 0.0290 e. The Balaban J connectivity index is 1.38. The number of hydrogen-bond donors (Lipinski definition) is 0. The number of rotatable bonds is 8. The summed E-state index contributed by atoms with van der Waals surface area (Å²) in [5.41, 5.74) is 19.9. The van der Waals surface area contributed by atoms with Crippen molar-refractivity contribution >= 4 is 51.9 Å². The van der Waals surface area contributed by atoms with Crippen molar-refractivity contribution in [2.24, 2.45) is 0 Å². The second-order valence-electron chi connectivity index (χ2n) is 16.5. The first-order valence-electron chi connectivity index (χ1n) is 21.9.